The molecule has 1 amide bonds. The van der Waals surface area contributed by atoms with Crippen LogP contribution in [0.4, 0.5) is 28.4 Å². The number of hydrogen-bond acceptors (Lipinski definition) is 8. The number of hydrogen-bond donors (Lipinski definition) is 1. The summed E-state index contributed by atoms with van der Waals surface area (Å²) in [6.07, 6.45) is 0.942. The van der Waals surface area contributed by atoms with Crippen LogP contribution in [-0.4, -0.2) is 52.8 Å². The minimum atomic E-state index is -3.02. The molecule has 2 aromatic heterocycles. The van der Waals surface area contributed by atoms with Crippen molar-refractivity contribution >= 4 is 40.0 Å². The van der Waals surface area contributed by atoms with Crippen molar-refractivity contribution in [2.24, 2.45) is 23.0 Å². The fourth-order valence-corrected chi connectivity index (χ4v) is 4.96. The van der Waals surface area contributed by atoms with Gasteiger partial charge in [-0.1, -0.05) is 0 Å². The lowest BCUT2D eigenvalue weighted by Gasteiger charge is -2.18. The smallest absolute Gasteiger partial charge is 0.388 e. The summed E-state index contributed by atoms with van der Waals surface area (Å²) in [5.41, 5.74) is 0.794. The fourth-order valence-electron chi connectivity index (χ4n) is 3.73. The number of nitrogens with zero attached hydrogens (tertiary/aromatic N) is 4. The van der Waals surface area contributed by atoms with E-state index in [0.29, 0.717) is 24.8 Å². The Balaban J connectivity index is 1.53. The van der Waals surface area contributed by atoms with Crippen molar-refractivity contribution in [3.05, 3.63) is 22.1 Å². The van der Waals surface area contributed by atoms with Gasteiger partial charge in [-0.25, -0.2) is 23.2 Å². The molecule has 9 nitrogen and oxygen atoms in total. The Bertz CT molecular complexity index is 1200. The number of ether oxygens (including phenoxy) is 2. The van der Waals surface area contributed by atoms with Crippen LogP contribution in [0.15, 0.2) is 16.1 Å². The topological polar surface area (TPSA) is 107 Å². The first kappa shape index (κ1) is 24.9. The van der Waals surface area contributed by atoms with Gasteiger partial charge in [0, 0.05) is 24.4 Å². The number of aromatic nitrogens is 2. The summed E-state index contributed by atoms with van der Waals surface area (Å²) in [7, 11) is 1.50. The average molecular weight is 515 g/mol. The van der Waals surface area contributed by atoms with Crippen LogP contribution in [0.2, 0.25) is 0 Å². The molecule has 14 heteroatoms. The van der Waals surface area contributed by atoms with Gasteiger partial charge in [0.25, 0.3) is 5.92 Å². The van der Waals surface area contributed by atoms with Gasteiger partial charge in [-0.05, 0) is 31.7 Å². The molecule has 2 aliphatic rings. The Morgan fingerprint density at radius 2 is 2.17 bits per heavy atom. The molecule has 4 rings (SSSR count). The molecular weight excluding hydrogens is 494 g/mol. The quantitative estimate of drug-likeness (QED) is 0.322. The van der Waals surface area contributed by atoms with E-state index >= 15 is 0 Å². The van der Waals surface area contributed by atoms with E-state index < -0.39 is 36.7 Å². The van der Waals surface area contributed by atoms with Crippen molar-refractivity contribution in [3.8, 4) is 5.88 Å². The Morgan fingerprint density at radius 3 is 2.83 bits per heavy atom. The summed E-state index contributed by atoms with van der Waals surface area (Å²) in [5.74, 6) is -5.99. The van der Waals surface area contributed by atoms with Gasteiger partial charge in [0.15, 0.2) is 5.82 Å². The van der Waals surface area contributed by atoms with Gasteiger partial charge in [0.1, 0.15) is 10.9 Å². The lowest BCUT2D eigenvalue weighted by Crippen LogP contribution is -2.21. The van der Waals surface area contributed by atoms with E-state index in [1.165, 1.54) is 29.1 Å². The molecule has 1 N–H and O–H groups in total. The van der Waals surface area contributed by atoms with E-state index in [2.05, 4.69) is 31.1 Å². The number of alkyl halides is 4. The third-order valence-electron chi connectivity index (χ3n) is 5.54. The largest absolute Gasteiger partial charge is 0.462 e. The van der Waals surface area contributed by atoms with Gasteiger partial charge in [-0.15, -0.1) is 16.4 Å². The van der Waals surface area contributed by atoms with E-state index in [1.807, 2.05) is 0 Å². The van der Waals surface area contributed by atoms with E-state index in [1.54, 1.807) is 6.92 Å². The van der Waals surface area contributed by atoms with Crippen LogP contribution in [0.5, 0.6) is 5.88 Å². The van der Waals surface area contributed by atoms with Crippen LogP contribution in [0.3, 0.4) is 0 Å². The number of nitrogens with one attached hydrogen (secondary N) is 1. The van der Waals surface area contributed by atoms with E-state index in [0.717, 1.165) is 4.88 Å². The van der Waals surface area contributed by atoms with Crippen molar-refractivity contribution in [2.75, 3.05) is 11.9 Å². The zero-order valence-corrected chi connectivity index (χ0v) is 19.5. The van der Waals surface area contributed by atoms with Crippen LogP contribution in [0.1, 0.15) is 40.6 Å². The number of aliphatic imine (C=N–C) groups is 2. The molecule has 1 unspecified atom stereocenters. The minimum Gasteiger partial charge on any atom is -0.462 e. The first-order chi connectivity index (χ1) is 16.6. The highest BCUT2D eigenvalue weighted by atomic mass is 32.1. The van der Waals surface area contributed by atoms with Crippen molar-refractivity contribution in [2.45, 2.75) is 51.2 Å². The lowest BCUT2D eigenvalue weighted by atomic mass is 9.92. The Morgan fingerprint density at radius 1 is 1.43 bits per heavy atom. The third-order valence-corrected chi connectivity index (χ3v) is 6.75. The molecule has 0 aromatic carbocycles. The number of thiophene rings is 1. The fraction of sp³-hybridized carbons (Fsp3) is 0.524. The molecule has 0 saturated heterocycles. The number of carbonyl (C=O) groups excluding carboxylic acids is 2. The molecule has 1 saturated carbocycles. The highest BCUT2D eigenvalue weighted by molar-refractivity contribution is 7.17. The monoisotopic (exact) mass is 515 g/mol. The van der Waals surface area contributed by atoms with Gasteiger partial charge in [-0.2, -0.15) is 13.8 Å². The van der Waals surface area contributed by atoms with E-state index in [-0.39, 0.29) is 34.9 Å². The zero-order valence-electron chi connectivity index (χ0n) is 18.7. The Labute approximate surface area is 200 Å². The summed E-state index contributed by atoms with van der Waals surface area (Å²) in [5, 5.41) is 6.43. The van der Waals surface area contributed by atoms with Gasteiger partial charge >= 0.3 is 12.6 Å². The SMILES string of the molecule is CCOC(=O)c1c(NC(=O)[C@H]2CC2(F)F)sc2c1CC(N=C=Nc1cc(OC(F)F)nn1C)CC2. The molecule has 2 aromatic rings. The zero-order chi connectivity index (χ0) is 25.3. The second-order valence-corrected chi connectivity index (χ2v) is 9.12. The second-order valence-electron chi connectivity index (χ2n) is 8.02. The number of carbonyl (C=O) groups is 2. The van der Waals surface area contributed by atoms with Crippen LogP contribution >= 0.6 is 11.3 Å². The standard InChI is InChI=1S/C21H21F4N5O4S/c1-3-33-19(32)16-11-6-10(26-9-27-14-7-15(29-30(14)2)34-20(22)23)4-5-13(11)35-18(16)28-17(31)12-8-21(12,24)25/h7,10,12,20H,3-6,8H2,1-2H3,(H,28,31)/t10?,12-/m1/s1. The molecule has 0 bridgehead atoms. The summed E-state index contributed by atoms with van der Waals surface area (Å²) >= 11 is 1.17. The maximum atomic E-state index is 13.3. The van der Waals surface area contributed by atoms with Gasteiger partial charge in [-0.3, -0.25) is 4.79 Å². The first-order valence-electron chi connectivity index (χ1n) is 10.7. The molecule has 0 aliphatic heterocycles. The highest BCUT2D eigenvalue weighted by Crippen LogP contribution is 2.49. The first-order valence-corrected chi connectivity index (χ1v) is 11.6. The number of halogens is 4. The molecule has 0 spiro atoms. The molecule has 2 aliphatic carbocycles. The molecular formula is C21H21F4N5O4S. The summed E-state index contributed by atoms with van der Waals surface area (Å²) in [4.78, 5) is 34.0. The molecule has 2 heterocycles. The predicted octanol–water partition coefficient (Wildman–Crippen LogP) is 4.22. The molecule has 188 valence electrons. The van der Waals surface area contributed by atoms with Crippen molar-refractivity contribution < 1.29 is 36.6 Å². The van der Waals surface area contributed by atoms with Crippen molar-refractivity contribution in [1.82, 2.24) is 9.78 Å². The summed E-state index contributed by atoms with van der Waals surface area (Å²) < 4.78 is 61.9. The number of fused-ring (bicyclic) bond motifs is 1. The number of esters is 1. The average Bonchev–Trinajstić information content (AvgIpc) is 3.08. The maximum absolute atomic E-state index is 13.3. The lowest BCUT2D eigenvalue weighted by molar-refractivity contribution is -0.119. The van der Waals surface area contributed by atoms with E-state index in [9.17, 15) is 27.2 Å². The molecule has 2 atom stereocenters. The number of rotatable bonds is 8. The maximum Gasteiger partial charge on any atom is 0.388 e. The van der Waals surface area contributed by atoms with Crippen LogP contribution in [-0.2, 0) is 29.4 Å². The number of amides is 1. The Kier molecular flexibility index (Phi) is 6.95. The third kappa shape index (κ3) is 5.54. The molecule has 1 fully saturated rings. The number of anilines is 1. The normalized spacial score (nSPS) is 20.0. The Hall–Kier alpha value is -3.25. The predicted molar refractivity (Wildman–Crippen MR) is 117 cm³/mol. The van der Waals surface area contributed by atoms with Crippen LogP contribution in [0, 0.1) is 5.92 Å². The van der Waals surface area contributed by atoms with Gasteiger partial charge < -0.3 is 14.8 Å². The highest BCUT2D eigenvalue weighted by Gasteiger charge is 2.61. The van der Waals surface area contributed by atoms with Gasteiger partial charge in [0.2, 0.25) is 11.8 Å². The number of aryl methyl sites for hydroxylation is 2. The van der Waals surface area contributed by atoms with E-state index in [4.69, 9.17) is 4.74 Å². The summed E-state index contributed by atoms with van der Waals surface area (Å²) in [6.45, 7) is -1.27. The van der Waals surface area contributed by atoms with Gasteiger partial charge in [0.05, 0.1) is 24.2 Å². The second kappa shape index (κ2) is 9.78. The summed E-state index contributed by atoms with van der Waals surface area (Å²) in [6, 6.07) is 3.44. The minimum absolute atomic E-state index is 0.105. The van der Waals surface area contributed by atoms with Crippen molar-refractivity contribution in [3.63, 3.8) is 0 Å². The van der Waals surface area contributed by atoms with Crippen molar-refractivity contribution in [1.29, 1.82) is 0 Å². The van der Waals surface area contributed by atoms with Crippen LogP contribution in [0.25, 0.3) is 0 Å². The molecule has 0 radical (unpaired) electrons. The van der Waals surface area contributed by atoms with Crippen LogP contribution < -0.4 is 10.1 Å². The molecule has 35 heavy (non-hydrogen) atoms.